The van der Waals surface area contributed by atoms with Gasteiger partial charge in [-0.3, -0.25) is 19.6 Å². The fraction of sp³-hybridized carbons (Fsp3) is 0.561. The van der Waals surface area contributed by atoms with E-state index in [0.717, 1.165) is 6.29 Å². The summed E-state index contributed by atoms with van der Waals surface area (Å²) in [6.45, 7) is 12.4. The predicted octanol–water partition coefficient (Wildman–Crippen LogP) is 2.08. The normalized spacial score (nSPS) is 19.1. The van der Waals surface area contributed by atoms with Gasteiger partial charge in [-0.15, -0.1) is 0 Å². The summed E-state index contributed by atoms with van der Waals surface area (Å²) >= 11 is 0. The van der Waals surface area contributed by atoms with Gasteiger partial charge < -0.3 is 73.3 Å². The van der Waals surface area contributed by atoms with Crippen LogP contribution in [0.25, 0.3) is 0 Å². The zero-order valence-corrected chi connectivity index (χ0v) is 47.0. The van der Waals surface area contributed by atoms with Gasteiger partial charge >= 0.3 is 23.9 Å². The third kappa shape index (κ3) is 30.4. The fourth-order valence-corrected chi connectivity index (χ4v) is 7.98. The summed E-state index contributed by atoms with van der Waals surface area (Å²) in [6, 6.07) is 19.6. The number of aldehydes is 1. The van der Waals surface area contributed by atoms with E-state index in [0.29, 0.717) is 181 Å². The zero-order valence-electron chi connectivity index (χ0n) is 47.0. The van der Waals surface area contributed by atoms with E-state index in [9.17, 15) is 49.8 Å². The van der Waals surface area contributed by atoms with Crippen LogP contribution in [0.1, 0.15) is 79.1 Å². The molecule has 27 nitrogen and oxygen atoms in total. The van der Waals surface area contributed by atoms with E-state index in [1.165, 1.54) is 31.2 Å². The zero-order chi connectivity index (χ0) is 59.9. The number of nitrogens with zero attached hydrogens (tertiary/aromatic N) is 8. The van der Waals surface area contributed by atoms with E-state index >= 15 is 0 Å². The summed E-state index contributed by atoms with van der Waals surface area (Å²) < 4.78 is 46.3. The molecule has 2 aliphatic rings. The summed E-state index contributed by atoms with van der Waals surface area (Å²) in [4.78, 5) is 79.0. The summed E-state index contributed by atoms with van der Waals surface area (Å²) in [5, 5.41) is 56.4. The number of aliphatic hydroxyl groups is 2. The molecule has 6 rings (SSSR count). The van der Waals surface area contributed by atoms with Crippen molar-refractivity contribution in [3.05, 3.63) is 118 Å². The Bertz CT molecular complexity index is 2340. The van der Waals surface area contributed by atoms with E-state index < -0.39 is 36.1 Å². The molecule has 0 unspecified atom stereocenters. The maximum absolute atomic E-state index is 11.3. The van der Waals surface area contributed by atoms with E-state index in [-0.39, 0.29) is 56.6 Å². The molecule has 0 saturated carbocycles. The lowest BCUT2D eigenvalue weighted by Gasteiger charge is -2.25. The molecular weight excluding hydrogens is 1100 g/mol. The average molecular weight is 1190 g/mol. The Morgan fingerprint density at radius 1 is 0.417 bits per heavy atom. The van der Waals surface area contributed by atoms with Crippen molar-refractivity contribution in [1.82, 2.24) is 39.5 Å². The molecule has 466 valence electrons. The van der Waals surface area contributed by atoms with Crippen LogP contribution >= 0.6 is 0 Å². The Kier molecular flexibility index (Phi) is 37.0. The minimum atomic E-state index is -1.08. The highest BCUT2D eigenvalue weighted by molar-refractivity contribution is 5.86. The number of carboxylic acid groups (broad SMARTS) is 4. The topological polar surface area (TPSA) is 345 Å². The van der Waals surface area contributed by atoms with Crippen LogP contribution in [0, 0.1) is 0 Å². The van der Waals surface area contributed by atoms with E-state index in [1.54, 1.807) is 48.5 Å². The van der Waals surface area contributed by atoms with Gasteiger partial charge in [0.15, 0.2) is 0 Å². The van der Waals surface area contributed by atoms with E-state index in [4.69, 9.17) is 42.7 Å². The van der Waals surface area contributed by atoms with Crippen molar-refractivity contribution in [2.75, 3.05) is 158 Å². The van der Waals surface area contributed by atoms with Gasteiger partial charge in [-0.05, 0) is 55.5 Å². The first kappa shape index (κ1) is 71.9. The Hall–Kier alpha value is -6.41. The Morgan fingerprint density at radius 2 is 0.643 bits per heavy atom. The Balaban J connectivity index is 0.000000416. The van der Waals surface area contributed by atoms with Crippen LogP contribution in [-0.2, 0) is 68.9 Å². The van der Waals surface area contributed by atoms with Crippen molar-refractivity contribution in [1.29, 1.82) is 0 Å². The van der Waals surface area contributed by atoms with Gasteiger partial charge in [0.1, 0.15) is 41.3 Å². The summed E-state index contributed by atoms with van der Waals surface area (Å²) in [7, 11) is 0. The van der Waals surface area contributed by atoms with Crippen LogP contribution < -0.4 is 0 Å². The largest absolute Gasteiger partial charge is 0.477 e. The maximum Gasteiger partial charge on any atom is 0.354 e. The quantitative estimate of drug-likeness (QED) is 0.0984. The molecule has 0 amide bonds. The van der Waals surface area contributed by atoms with Crippen LogP contribution in [0.2, 0.25) is 0 Å². The summed E-state index contributed by atoms with van der Waals surface area (Å²) in [6.07, 6.45) is -0.257. The standard InChI is InChI=1S/2C27H38N4O9.C2H4O.CH4/c2*32-19-23-20-39-13-9-30(17-21-3-1-5-24(28-21)26(33)34)7-11-37-15-16-38-12-8-31(10-14-40-23)18-22-4-2-6-25(29-22)27(35)36;1-2-3;/h2*1-6,23,32H,7-20H2,(H,33,34)(H,35,36);2H,1H3;1H4/t2*23-;;/m11../s1. The number of aliphatic hydroxyl groups excluding tert-OH is 2. The summed E-state index contributed by atoms with van der Waals surface area (Å²) in [5.41, 5.74) is 2.50. The molecule has 0 radical (unpaired) electrons. The minimum absolute atomic E-state index is 0. The number of hydrogen-bond donors (Lipinski definition) is 6. The average Bonchev–Trinajstić information content (AvgIpc) is 3.61. The van der Waals surface area contributed by atoms with Crippen molar-refractivity contribution in [3.63, 3.8) is 0 Å². The lowest BCUT2D eigenvalue weighted by molar-refractivity contribution is -0.106. The van der Waals surface area contributed by atoms with Gasteiger partial charge in [0.2, 0.25) is 0 Å². The number of carbonyl (C=O) groups is 5. The first-order valence-corrected chi connectivity index (χ1v) is 27.3. The van der Waals surface area contributed by atoms with Crippen molar-refractivity contribution in [2.45, 2.75) is 52.7 Å². The molecule has 4 aromatic rings. The molecule has 0 aromatic carbocycles. The monoisotopic (exact) mass is 1180 g/mol. The number of hydrogen-bond acceptors (Lipinski definition) is 23. The smallest absolute Gasteiger partial charge is 0.354 e. The highest BCUT2D eigenvalue weighted by atomic mass is 16.6. The van der Waals surface area contributed by atoms with Crippen molar-refractivity contribution < 1.29 is 92.5 Å². The second kappa shape index (κ2) is 43.3. The molecule has 27 heteroatoms. The Labute approximate surface area is 490 Å². The van der Waals surface area contributed by atoms with Gasteiger partial charge in [0, 0.05) is 78.5 Å². The third-order valence-corrected chi connectivity index (χ3v) is 12.2. The minimum Gasteiger partial charge on any atom is -0.477 e. The van der Waals surface area contributed by atoms with Crippen molar-refractivity contribution in [3.8, 4) is 0 Å². The highest BCUT2D eigenvalue weighted by Gasteiger charge is 2.18. The van der Waals surface area contributed by atoms with Crippen LogP contribution in [0.4, 0.5) is 0 Å². The number of pyridine rings is 4. The van der Waals surface area contributed by atoms with Crippen LogP contribution in [0.5, 0.6) is 0 Å². The van der Waals surface area contributed by atoms with Crippen molar-refractivity contribution in [2.24, 2.45) is 0 Å². The molecular formula is C57H84N8O19. The number of carboxylic acids is 4. The molecule has 2 atom stereocenters. The predicted molar refractivity (Wildman–Crippen MR) is 303 cm³/mol. The number of rotatable bonds is 14. The van der Waals surface area contributed by atoms with Gasteiger partial charge in [-0.25, -0.2) is 39.1 Å². The van der Waals surface area contributed by atoms with Gasteiger partial charge in [0.05, 0.1) is 128 Å². The van der Waals surface area contributed by atoms with Crippen LogP contribution in [-0.4, -0.2) is 271 Å². The first-order chi connectivity index (χ1) is 40.3. The summed E-state index contributed by atoms with van der Waals surface area (Å²) in [5.74, 6) is -4.30. The number of carbonyl (C=O) groups excluding carboxylic acids is 1. The molecule has 84 heavy (non-hydrogen) atoms. The number of ether oxygens (including phenoxy) is 8. The van der Waals surface area contributed by atoms with Gasteiger partial charge in [-0.2, -0.15) is 0 Å². The van der Waals surface area contributed by atoms with Crippen molar-refractivity contribution >= 4 is 30.2 Å². The fourth-order valence-electron chi connectivity index (χ4n) is 7.98. The molecule has 4 aromatic heterocycles. The maximum atomic E-state index is 11.3. The molecule has 6 N–H and O–H groups in total. The second-order valence-corrected chi connectivity index (χ2v) is 18.6. The van der Waals surface area contributed by atoms with Crippen LogP contribution in [0.15, 0.2) is 72.8 Å². The molecule has 2 aliphatic heterocycles. The lowest BCUT2D eigenvalue weighted by Crippen LogP contribution is -2.35. The van der Waals surface area contributed by atoms with Crippen LogP contribution in [0.3, 0.4) is 0 Å². The third-order valence-electron chi connectivity index (χ3n) is 12.2. The molecule has 6 heterocycles. The molecule has 2 fully saturated rings. The lowest BCUT2D eigenvalue weighted by atomic mass is 10.3. The molecule has 2 saturated heterocycles. The molecule has 0 spiro atoms. The van der Waals surface area contributed by atoms with Gasteiger partial charge in [0.25, 0.3) is 0 Å². The number of aromatic nitrogens is 4. The SMILES string of the molecule is C.CC=O.O=C(O)c1cccc(CN2CCOCCOCCN(Cc3cccc(C(=O)O)n3)CCO[C@H](CO)COCC2)n1.O=C(O)c1cccc(CN2CCOCCOCCN(Cc3cccc(C(=O)O)n3)CCO[C@H](CO)COCC2)n1. The highest BCUT2D eigenvalue weighted by Crippen LogP contribution is 2.11. The van der Waals surface area contributed by atoms with E-state index in [1.807, 2.05) is 0 Å². The van der Waals surface area contributed by atoms with E-state index in [2.05, 4.69) is 39.5 Å². The Morgan fingerprint density at radius 3 is 0.869 bits per heavy atom. The first-order valence-electron chi connectivity index (χ1n) is 27.3. The second-order valence-electron chi connectivity index (χ2n) is 18.6. The molecule has 0 bridgehead atoms. The number of aromatic carboxylic acids is 4. The molecule has 0 aliphatic carbocycles. The van der Waals surface area contributed by atoms with Gasteiger partial charge in [-0.1, -0.05) is 31.7 Å².